The molecule has 2 N–H and O–H groups in total. The first-order valence-corrected chi connectivity index (χ1v) is 10.1. The molecule has 2 aromatic carbocycles. The molecule has 0 saturated carbocycles. The number of carbonyl (C=O) groups excluding carboxylic acids is 1. The van der Waals surface area contributed by atoms with Gasteiger partial charge < -0.3 is 5.32 Å². The van der Waals surface area contributed by atoms with Crippen LogP contribution in [0.15, 0.2) is 57.6 Å². The summed E-state index contributed by atoms with van der Waals surface area (Å²) >= 11 is 12.6. The zero-order chi connectivity index (χ0) is 21.2. The molecule has 30 heavy (non-hydrogen) atoms. The summed E-state index contributed by atoms with van der Waals surface area (Å²) in [6.45, 7) is 2.15. The minimum absolute atomic E-state index is 0.177. The van der Waals surface area contributed by atoms with E-state index in [1.165, 1.54) is 4.57 Å². The Labute approximate surface area is 180 Å². The number of aromatic amines is 1. The Morgan fingerprint density at radius 2 is 1.77 bits per heavy atom. The van der Waals surface area contributed by atoms with Crippen molar-refractivity contribution >= 4 is 40.5 Å². The zero-order valence-electron chi connectivity index (χ0n) is 15.8. The number of halogens is 2. The van der Waals surface area contributed by atoms with Crippen molar-refractivity contribution in [3.8, 4) is 0 Å². The summed E-state index contributed by atoms with van der Waals surface area (Å²) in [7, 11) is 0. The fourth-order valence-corrected chi connectivity index (χ4v) is 4.83. The first-order chi connectivity index (χ1) is 14.4. The summed E-state index contributed by atoms with van der Waals surface area (Å²) in [6.07, 6.45) is 0. The number of benzene rings is 2. The van der Waals surface area contributed by atoms with Crippen LogP contribution in [-0.2, 0) is 6.54 Å². The topological polar surface area (TPSA) is 84.0 Å². The quantitative estimate of drug-likeness (QED) is 0.631. The van der Waals surface area contributed by atoms with Crippen LogP contribution < -0.4 is 16.6 Å². The first-order valence-electron chi connectivity index (χ1n) is 9.39. The van der Waals surface area contributed by atoms with Crippen LogP contribution in [-0.4, -0.2) is 15.3 Å². The molecule has 2 heterocycles. The predicted octanol–water partition coefficient (Wildman–Crippen LogP) is 4.03. The fourth-order valence-electron chi connectivity index (χ4n) is 4.31. The van der Waals surface area contributed by atoms with Crippen molar-refractivity contribution in [2.75, 3.05) is 5.32 Å². The molecule has 0 radical (unpaired) electrons. The molecule has 0 amide bonds. The highest BCUT2D eigenvalue weighted by atomic mass is 35.5. The van der Waals surface area contributed by atoms with E-state index in [4.69, 9.17) is 23.2 Å². The van der Waals surface area contributed by atoms with Crippen LogP contribution in [0, 0.1) is 0 Å². The number of H-pyrrole nitrogens is 1. The van der Waals surface area contributed by atoms with Crippen molar-refractivity contribution in [2.24, 2.45) is 0 Å². The Hall–Kier alpha value is -3.09. The number of hydrogen-bond donors (Lipinski definition) is 2. The summed E-state index contributed by atoms with van der Waals surface area (Å²) in [4.78, 5) is 41.2. The lowest BCUT2D eigenvalue weighted by Gasteiger charge is -2.30. The van der Waals surface area contributed by atoms with Crippen LogP contribution in [0.2, 0.25) is 10.0 Å². The molecular formula is C22H15Cl2N3O3. The predicted molar refractivity (Wildman–Crippen MR) is 117 cm³/mol. The summed E-state index contributed by atoms with van der Waals surface area (Å²) in [5.74, 6) is -0.558. The van der Waals surface area contributed by atoms with E-state index < -0.39 is 17.2 Å². The molecular weight excluding hydrogens is 425 g/mol. The minimum atomic E-state index is -0.747. The maximum absolute atomic E-state index is 13.4. The molecule has 150 valence electrons. The Balaban J connectivity index is 1.90. The standard InChI is InChI=1S/C22H15Cl2N3O3/c1-2-27-20-17(21(29)26-22(27)30)15(13-8-7-10(23)9-14(13)24)16-18(25-20)11-5-3-4-6-12(11)19(16)28/h3-9,15,25H,2H2,1H3,(H,26,29,30)/t15-/m1/s1. The van der Waals surface area contributed by atoms with Crippen LogP contribution in [0.25, 0.3) is 5.70 Å². The Morgan fingerprint density at radius 1 is 1.03 bits per heavy atom. The lowest BCUT2D eigenvalue weighted by Crippen LogP contribution is -2.38. The Kier molecular flexibility index (Phi) is 4.24. The third-order valence-corrected chi connectivity index (χ3v) is 6.16. The third-order valence-electron chi connectivity index (χ3n) is 5.60. The van der Waals surface area contributed by atoms with Gasteiger partial charge in [-0.2, -0.15) is 0 Å². The summed E-state index contributed by atoms with van der Waals surface area (Å²) in [5, 5.41) is 3.99. The van der Waals surface area contributed by atoms with Crippen LogP contribution in [0.3, 0.4) is 0 Å². The van der Waals surface area contributed by atoms with Gasteiger partial charge in [-0.1, -0.05) is 53.5 Å². The number of nitrogens with zero attached hydrogens (tertiary/aromatic N) is 1. The van der Waals surface area contributed by atoms with Crippen molar-refractivity contribution < 1.29 is 4.79 Å². The number of Topliss-reactive ketones (excluding diaryl/α,β-unsaturated/α-hetero) is 1. The molecule has 0 bridgehead atoms. The number of nitrogens with one attached hydrogen (secondary N) is 2. The maximum atomic E-state index is 13.4. The van der Waals surface area contributed by atoms with Crippen LogP contribution in [0.1, 0.15) is 39.9 Å². The monoisotopic (exact) mass is 439 g/mol. The fraction of sp³-hybridized carbons (Fsp3) is 0.136. The van der Waals surface area contributed by atoms with Crippen molar-refractivity contribution in [1.82, 2.24) is 9.55 Å². The van der Waals surface area contributed by atoms with Gasteiger partial charge in [-0.3, -0.25) is 19.1 Å². The maximum Gasteiger partial charge on any atom is 0.329 e. The number of hydrogen-bond acceptors (Lipinski definition) is 4. The van der Waals surface area contributed by atoms with Crippen molar-refractivity contribution in [3.05, 3.63) is 101 Å². The number of allylic oxidation sites excluding steroid dienone is 1. The average molecular weight is 440 g/mol. The van der Waals surface area contributed by atoms with Gasteiger partial charge in [-0.15, -0.1) is 0 Å². The second kappa shape index (κ2) is 6.72. The van der Waals surface area contributed by atoms with E-state index in [-0.39, 0.29) is 11.3 Å². The highest BCUT2D eigenvalue weighted by Crippen LogP contribution is 2.49. The molecule has 1 aliphatic heterocycles. The molecule has 0 spiro atoms. The third kappa shape index (κ3) is 2.54. The Morgan fingerprint density at radius 3 is 2.47 bits per heavy atom. The lowest BCUT2D eigenvalue weighted by molar-refractivity contribution is 0.103. The minimum Gasteiger partial charge on any atom is -0.340 e. The Bertz CT molecular complexity index is 1400. The number of carbonyl (C=O) groups is 1. The molecule has 1 atom stereocenters. The molecule has 3 aromatic rings. The number of fused-ring (bicyclic) bond motifs is 3. The van der Waals surface area contributed by atoms with E-state index in [0.29, 0.717) is 44.8 Å². The molecule has 0 fully saturated rings. The molecule has 0 unspecified atom stereocenters. The van der Waals surface area contributed by atoms with Gasteiger partial charge in [-0.05, 0) is 24.6 Å². The molecule has 1 aromatic heterocycles. The average Bonchev–Trinajstić information content (AvgIpc) is 3.00. The van der Waals surface area contributed by atoms with Gasteiger partial charge >= 0.3 is 5.69 Å². The summed E-state index contributed by atoms with van der Waals surface area (Å²) in [5.41, 5.74) is 2.07. The van der Waals surface area contributed by atoms with Crippen LogP contribution >= 0.6 is 23.2 Å². The number of ketones is 1. The second-order valence-corrected chi connectivity index (χ2v) is 8.00. The van der Waals surface area contributed by atoms with Gasteiger partial charge in [0.25, 0.3) is 5.56 Å². The SMILES string of the molecule is CCn1c2c(c(=O)[nH]c1=O)[C@H](c1ccc(Cl)cc1Cl)C1=C(N2)c2ccccc2C1=O. The van der Waals surface area contributed by atoms with Crippen molar-refractivity contribution in [1.29, 1.82) is 0 Å². The van der Waals surface area contributed by atoms with Crippen LogP contribution in [0.5, 0.6) is 0 Å². The number of rotatable bonds is 2. The molecule has 8 heteroatoms. The van der Waals surface area contributed by atoms with Gasteiger partial charge in [0.2, 0.25) is 0 Å². The van der Waals surface area contributed by atoms with Crippen molar-refractivity contribution in [3.63, 3.8) is 0 Å². The summed E-state index contributed by atoms with van der Waals surface area (Å²) in [6, 6.07) is 12.2. The largest absolute Gasteiger partial charge is 0.340 e. The highest BCUT2D eigenvalue weighted by Gasteiger charge is 2.43. The van der Waals surface area contributed by atoms with Gasteiger partial charge in [0, 0.05) is 33.3 Å². The summed E-state index contributed by atoms with van der Waals surface area (Å²) < 4.78 is 1.45. The van der Waals surface area contributed by atoms with Crippen molar-refractivity contribution in [2.45, 2.75) is 19.4 Å². The van der Waals surface area contributed by atoms with E-state index in [1.54, 1.807) is 30.3 Å². The molecule has 2 aliphatic rings. The molecule has 5 rings (SSSR count). The zero-order valence-corrected chi connectivity index (χ0v) is 17.3. The number of aromatic nitrogens is 2. The van der Waals surface area contributed by atoms with E-state index in [0.717, 1.165) is 5.56 Å². The molecule has 0 saturated heterocycles. The lowest BCUT2D eigenvalue weighted by atomic mass is 9.81. The van der Waals surface area contributed by atoms with Gasteiger partial charge in [0.05, 0.1) is 17.2 Å². The van der Waals surface area contributed by atoms with E-state index in [2.05, 4.69) is 10.3 Å². The van der Waals surface area contributed by atoms with E-state index in [1.807, 2.05) is 19.1 Å². The smallest absolute Gasteiger partial charge is 0.329 e. The van der Waals surface area contributed by atoms with Gasteiger partial charge in [-0.25, -0.2) is 4.79 Å². The number of anilines is 1. The van der Waals surface area contributed by atoms with E-state index in [9.17, 15) is 14.4 Å². The van der Waals surface area contributed by atoms with E-state index >= 15 is 0 Å². The normalized spacial score (nSPS) is 16.8. The first kappa shape index (κ1) is 18.9. The van der Waals surface area contributed by atoms with Crippen LogP contribution in [0.4, 0.5) is 5.82 Å². The highest BCUT2D eigenvalue weighted by molar-refractivity contribution is 6.35. The van der Waals surface area contributed by atoms with Gasteiger partial charge in [0.1, 0.15) is 5.82 Å². The van der Waals surface area contributed by atoms with Gasteiger partial charge in [0.15, 0.2) is 5.78 Å². The second-order valence-electron chi connectivity index (χ2n) is 7.15. The molecule has 1 aliphatic carbocycles. The molecule has 6 nitrogen and oxygen atoms in total.